The van der Waals surface area contributed by atoms with Crippen LogP contribution in [0, 0.1) is 16.7 Å². The molecule has 1 aromatic heterocycles. The molecule has 0 radical (unpaired) electrons. The lowest BCUT2D eigenvalue weighted by atomic mass is 10.0. The Balaban J connectivity index is 1.91. The van der Waals surface area contributed by atoms with Crippen molar-refractivity contribution >= 4 is 6.01 Å². The van der Waals surface area contributed by atoms with Crippen molar-refractivity contribution in [3.8, 4) is 0 Å². The summed E-state index contributed by atoms with van der Waals surface area (Å²) in [7, 11) is 0. The summed E-state index contributed by atoms with van der Waals surface area (Å²) in [6.07, 6.45) is 0. The smallest absolute Gasteiger partial charge is 0.315 e. The van der Waals surface area contributed by atoms with Crippen molar-refractivity contribution in [2.75, 3.05) is 11.9 Å². The third kappa shape index (κ3) is 1.92. The van der Waals surface area contributed by atoms with Crippen molar-refractivity contribution in [1.82, 2.24) is 10.2 Å². The van der Waals surface area contributed by atoms with Crippen LogP contribution in [-0.4, -0.2) is 16.7 Å². The zero-order chi connectivity index (χ0) is 12.8. The Morgan fingerprint density at radius 3 is 2.29 bits per heavy atom. The Morgan fingerprint density at radius 2 is 1.88 bits per heavy atom. The second-order valence-electron chi connectivity index (χ2n) is 6.11. The highest BCUT2D eigenvalue weighted by atomic mass is 16.4. The van der Waals surface area contributed by atoms with Crippen molar-refractivity contribution in [2.45, 2.75) is 40.7 Å². The van der Waals surface area contributed by atoms with Gasteiger partial charge in [-0.1, -0.05) is 32.8 Å². The molecule has 17 heavy (non-hydrogen) atoms. The van der Waals surface area contributed by atoms with Gasteiger partial charge in [-0.25, -0.2) is 0 Å². The quantitative estimate of drug-likeness (QED) is 0.840. The summed E-state index contributed by atoms with van der Waals surface area (Å²) in [4.78, 5) is 0. The third-order valence-corrected chi connectivity index (χ3v) is 4.61. The highest BCUT2D eigenvalue weighted by molar-refractivity contribution is 5.23. The maximum atomic E-state index is 5.66. The molecule has 0 amide bonds. The van der Waals surface area contributed by atoms with Crippen molar-refractivity contribution in [2.24, 2.45) is 22.5 Å². The monoisotopic (exact) mass is 238 g/mol. The van der Waals surface area contributed by atoms with Crippen molar-refractivity contribution in [1.29, 1.82) is 0 Å². The van der Waals surface area contributed by atoms with Crippen LogP contribution in [0.2, 0.25) is 0 Å². The van der Waals surface area contributed by atoms with Gasteiger partial charge in [-0.15, -0.1) is 5.10 Å². The topological polar surface area (TPSA) is 77.0 Å². The van der Waals surface area contributed by atoms with Crippen LogP contribution in [0.1, 0.15) is 46.6 Å². The van der Waals surface area contributed by atoms with Crippen LogP contribution >= 0.6 is 0 Å². The fourth-order valence-electron chi connectivity index (χ4n) is 2.52. The van der Waals surface area contributed by atoms with Gasteiger partial charge in [0.05, 0.1) is 6.04 Å². The fourth-order valence-corrected chi connectivity index (χ4v) is 2.52. The zero-order valence-corrected chi connectivity index (χ0v) is 11.2. The number of rotatable bonds is 4. The van der Waals surface area contributed by atoms with Gasteiger partial charge < -0.3 is 15.5 Å². The van der Waals surface area contributed by atoms with Crippen LogP contribution in [0.15, 0.2) is 4.42 Å². The normalized spacial score (nSPS) is 23.4. The van der Waals surface area contributed by atoms with Crippen LogP contribution < -0.4 is 11.1 Å². The fraction of sp³-hybridized carbons (Fsp3) is 0.833. The van der Waals surface area contributed by atoms with E-state index in [2.05, 4.69) is 43.2 Å². The first-order valence-electron chi connectivity index (χ1n) is 6.09. The average Bonchev–Trinajstić information content (AvgIpc) is 2.58. The molecule has 3 N–H and O–H groups in total. The number of nitrogens with one attached hydrogen (secondary N) is 1. The first kappa shape index (κ1) is 12.4. The van der Waals surface area contributed by atoms with Crippen molar-refractivity contribution in [3.63, 3.8) is 0 Å². The molecule has 0 aliphatic heterocycles. The average molecular weight is 238 g/mol. The number of aromatic nitrogens is 2. The van der Waals surface area contributed by atoms with Gasteiger partial charge in [0.1, 0.15) is 0 Å². The molecule has 1 heterocycles. The lowest BCUT2D eigenvalue weighted by molar-refractivity contribution is 0.457. The second kappa shape index (κ2) is 3.70. The van der Waals surface area contributed by atoms with Gasteiger partial charge >= 0.3 is 6.01 Å². The van der Waals surface area contributed by atoms with Gasteiger partial charge in [0, 0.05) is 6.54 Å². The van der Waals surface area contributed by atoms with E-state index in [0.717, 1.165) is 6.54 Å². The number of hydrogen-bond acceptors (Lipinski definition) is 5. The first-order valence-corrected chi connectivity index (χ1v) is 6.09. The molecule has 1 saturated carbocycles. The van der Waals surface area contributed by atoms with E-state index in [1.807, 2.05) is 6.92 Å². The molecule has 0 spiro atoms. The summed E-state index contributed by atoms with van der Waals surface area (Å²) >= 11 is 0. The Kier molecular flexibility index (Phi) is 2.69. The summed E-state index contributed by atoms with van der Waals surface area (Å²) in [6.45, 7) is 11.9. The Labute approximate surface area is 102 Å². The molecule has 1 aliphatic rings. The summed E-state index contributed by atoms with van der Waals surface area (Å²) in [5.74, 6) is 1.10. The molecule has 5 nitrogen and oxygen atoms in total. The summed E-state index contributed by atoms with van der Waals surface area (Å²) < 4.78 is 5.40. The molecular weight excluding hydrogens is 216 g/mol. The lowest BCUT2D eigenvalue weighted by Crippen LogP contribution is -2.08. The molecule has 1 fully saturated rings. The predicted molar refractivity (Wildman–Crippen MR) is 66.4 cm³/mol. The largest absolute Gasteiger partial charge is 0.406 e. The second-order valence-corrected chi connectivity index (χ2v) is 6.11. The number of nitrogens with zero attached hydrogens (tertiary/aromatic N) is 2. The maximum Gasteiger partial charge on any atom is 0.315 e. The predicted octanol–water partition coefficient (Wildman–Crippen LogP) is 2.18. The van der Waals surface area contributed by atoms with E-state index in [9.17, 15) is 0 Å². The highest BCUT2D eigenvalue weighted by Crippen LogP contribution is 2.68. The van der Waals surface area contributed by atoms with E-state index in [1.54, 1.807) is 0 Å². The molecule has 1 atom stereocenters. The molecule has 1 aromatic rings. The molecule has 96 valence electrons. The van der Waals surface area contributed by atoms with Crippen molar-refractivity contribution < 1.29 is 4.42 Å². The zero-order valence-electron chi connectivity index (χ0n) is 11.2. The van der Waals surface area contributed by atoms with E-state index in [0.29, 0.717) is 28.7 Å². The van der Waals surface area contributed by atoms with E-state index in [-0.39, 0.29) is 6.04 Å². The summed E-state index contributed by atoms with van der Waals surface area (Å²) in [5.41, 5.74) is 6.39. The third-order valence-electron chi connectivity index (χ3n) is 4.61. The molecule has 5 heteroatoms. The SMILES string of the molecule is CC(N)c1nnc(NCC2C(C)(C)C2(C)C)o1. The molecule has 1 aliphatic carbocycles. The minimum Gasteiger partial charge on any atom is -0.406 e. The van der Waals surface area contributed by atoms with Gasteiger partial charge in [0.15, 0.2) is 0 Å². The highest BCUT2D eigenvalue weighted by Gasteiger charge is 2.64. The standard InChI is InChI=1S/C12H22N4O/c1-7(13)9-15-16-10(17-9)14-6-8-11(2,3)12(8,4)5/h7-8H,6,13H2,1-5H3,(H,14,16). The maximum absolute atomic E-state index is 5.66. The van der Waals surface area contributed by atoms with E-state index < -0.39 is 0 Å². The number of nitrogens with two attached hydrogens (primary N) is 1. The molecule has 0 saturated heterocycles. The summed E-state index contributed by atoms with van der Waals surface area (Å²) in [5, 5.41) is 11.0. The van der Waals surface area contributed by atoms with E-state index >= 15 is 0 Å². The number of anilines is 1. The van der Waals surface area contributed by atoms with Crippen molar-refractivity contribution in [3.05, 3.63) is 5.89 Å². The van der Waals surface area contributed by atoms with E-state index in [4.69, 9.17) is 10.2 Å². The van der Waals surface area contributed by atoms with Gasteiger partial charge in [0.2, 0.25) is 5.89 Å². The Bertz CT molecular complexity index is 394. The molecular formula is C12H22N4O. The minimum atomic E-state index is -0.216. The minimum absolute atomic E-state index is 0.216. The molecule has 0 bridgehead atoms. The van der Waals surface area contributed by atoms with Gasteiger partial charge in [-0.3, -0.25) is 0 Å². The van der Waals surface area contributed by atoms with E-state index in [1.165, 1.54) is 0 Å². The first-order chi connectivity index (χ1) is 7.76. The Morgan fingerprint density at radius 1 is 1.29 bits per heavy atom. The van der Waals surface area contributed by atoms with Crippen LogP contribution in [0.3, 0.4) is 0 Å². The molecule has 0 aromatic carbocycles. The van der Waals surface area contributed by atoms with Gasteiger partial charge in [-0.2, -0.15) is 0 Å². The summed E-state index contributed by atoms with van der Waals surface area (Å²) in [6, 6.07) is 0.252. The lowest BCUT2D eigenvalue weighted by Gasteiger charge is -2.04. The van der Waals surface area contributed by atoms with Gasteiger partial charge in [0.25, 0.3) is 0 Å². The number of hydrogen-bond donors (Lipinski definition) is 2. The molecule has 2 rings (SSSR count). The van der Waals surface area contributed by atoms with Crippen LogP contribution in [0.5, 0.6) is 0 Å². The van der Waals surface area contributed by atoms with Crippen LogP contribution in [-0.2, 0) is 0 Å². The van der Waals surface area contributed by atoms with Crippen LogP contribution in [0.25, 0.3) is 0 Å². The molecule has 1 unspecified atom stereocenters. The van der Waals surface area contributed by atoms with Crippen LogP contribution in [0.4, 0.5) is 6.01 Å². The Hall–Kier alpha value is -1.10. The van der Waals surface area contributed by atoms with Gasteiger partial charge in [-0.05, 0) is 23.7 Å².